The molecule has 1 heterocycles. The number of aliphatic hydroxyl groups excluding tert-OH is 3. The van der Waals surface area contributed by atoms with Gasteiger partial charge in [0, 0.05) is 25.7 Å². The molecule has 1 aromatic rings. The molecular formula is C46H79NO12P+. The number of esters is 2. The van der Waals surface area contributed by atoms with E-state index in [-0.39, 0.29) is 38.9 Å². The Morgan fingerprint density at radius 1 is 0.700 bits per heavy atom. The fourth-order valence-corrected chi connectivity index (χ4v) is 6.77. The Kier molecular flexibility index (Phi) is 29.3. The first-order valence-electron chi connectivity index (χ1n) is 22.1. The molecule has 0 aliphatic carbocycles. The molecule has 0 aliphatic rings. The number of phosphoric ester groups is 1. The first-order chi connectivity index (χ1) is 28.5. The van der Waals surface area contributed by atoms with E-state index in [2.05, 4.69) is 27.7 Å². The fraction of sp³-hybridized carbons (Fsp3) is 0.696. The van der Waals surface area contributed by atoms with Gasteiger partial charge in [0.1, 0.15) is 31.3 Å². The summed E-state index contributed by atoms with van der Waals surface area (Å²) in [6, 6.07) is 0. The van der Waals surface area contributed by atoms with Gasteiger partial charge >= 0.3 is 19.8 Å². The molecule has 1 unspecified atom stereocenters. The monoisotopic (exact) mass is 869 g/mol. The number of aryl methyl sites for hydroxylation is 2. The van der Waals surface area contributed by atoms with Gasteiger partial charge in [0.2, 0.25) is 0 Å². The van der Waals surface area contributed by atoms with Crippen molar-refractivity contribution in [2.75, 3.05) is 47.5 Å². The van der Waals surface area contributed by atoms with Crippen LogP contribution in [0.3, 0.4) is 0 Å². The molecule has 1 aromatic heterocycles. The highest BCUT2D eigenvalue weighted by molar-refractivity contribution is 7.47. The lowest BCUT2D eigenvalue weighted by atomic mass is 10.0. The van der Waals surface area contributed by atoms with Crippen LogP contribution in [-0.4, -0.2) is 109 Å². The molecule has 0 spiro atoms. The zero-order valence-corrected chi connectivity index (χ0v) is 38.6. The summed E-state index contributed by atoms with van der Waals surface area (Å²) in [4.78, 5) is 35.5. The maximum atomic E-state index is 12.7. The van der Waals surface area contributed by atoms with Crippen LogP contribution in [0.1, 0.15) is 133 Å². The van der Waals surface area contributed by atoms with E-state index in [0.717, 1.165) is 88.6 Å². The van der Waals surface area contributed by atoms with E-state index in [1.165, 1.54) is 17.2 Å². The molecule has 0 saturated heterocycles. The second-order valence-electron chi connectivity index (χ2n) is 16.5. The summed E-state index contributed by atoms with van der Waals surface area (Å²) in [6.07, 6.45) is 22.5. The zero-order valence-electron chi connectivity index (χ0n) is 37.7. The molecule has 60 heavy (non-hydrogen) atoms. The van der Waals surface area contributed by atoms with E-state index >= 15 is 0 Å². The minimum absolute atomic E-state index is 0.0423. The van der Waals surface area contributed by atoms with Crippen molar-refractivity contribution >= 4 is 19.8 Å². The van der Waals surface area contributed by atoms with Crippen LogP contribution in [0, 0.1) is 13.8 Å². The Balaban J connectivity index is 2.52. The Morgan fingerprint density at radius 3 is 1.95 bits per heavy atom. The van der Waals surface area contributed by atoms with Crippen LogP contribution in [0.15, 0.2) is 53.0 Å². The average Bonchev–Trinajstić information content (AvgIpc) is 3.44. The van der Waals surface area contributed by atoms with Gasteiger partial charge in [0.25, 0.3) is 0 Å². The van der Waals surface area contributed by atoms with Crippen molar-refractivity contribution in [1.82, 2.24) is 0 Å². The summed E-state index contributed by atoms with van der Waals surface area (Å²) in [5.41, 5.74) is 2.53. The Bertz CT molecular complexity index is 1490. The Labute approximate surface area is 360 Å². The van der Waals surface area contributed by atoms with Gasteiger partial charge in [-0.2, -0.15) is 0 Å². The SMILES string of the molecule is CCCCC[C@H](O)/C=C/C=C\C=C\C=C\[C@H](O)[C@@H](O)CCCC(=O)O[C@H](COC(=O)CCCCCCCCc1oc(CCC)c(C)c1C)COP(=O)(O)OCC[N+](C)(C)C. The van der Waals surface area contributed by atoms with Crippen LogP contribution in [-0.2, 0) is 45.5 Å². The number of allylic oxidation sites excluding steroid dienone is 6. The highest BCUT2D eigenvalue weighted by Gasteiger charge is 2.27. The number of nitrogens with zero attached hydrogens (tertiary/aromatic N) is 1. The van der Waals surface area contributed by atoms with Gasteiger partial charge in [-0.25, -0.2) is 4.57 Å². The van der Waals surface area contributed by atoms with E-state index in [0.29, 0.717) is 17.4 Å². The van der Waals surface area contributed by atoms with E-state index in [1.54, 1.807) is 42.5 Å². The van der Waals surface area contributed by atoms with Crippen molar-refractivity contribution in [1.29, 1.82) is 0 Å². The second-order valence-corrected chi connectivity index (χ2v) is 18.0. The molecule has 13 nitrogen and oxygen atoms in total. The molecule has 1 rings (SSSR count). The summed E-state index contributed by atoms with van der Waals surface area (Å²) in [7, 11) is 1.23. The van der Waals surface area contributed by atoms with E-state index in [4.69, 9.17) is 22.9 Å². The third kappa shape index (κ3) is 27.9. The summed E-state index contributed by atoms with van der Waals surface area (Å²) >= 11 is 0. The molecule has 0 fully saturated rings. The summed E-state index contributed by atoms with van der Waals surface area (Å²) < 4.78 is 40.1. The lowest BCUT2D eigenvalue weighted by Gasteiger charge is -2.24. The van der Waals surface area contributed by atoms with Crippen LogP contribution >= 0.6 is 7.82 Å². The number of carbonyl (C=O) groups excluding carboxylic acids is 2. The van der Waals surface area contributed by atoms with Gasteiger partial charge in [0.05, 0.1) is 46.1 Å². The highest BCUT2D eigenvalue weighted by Crippen LogP contribution is 2.43. The lowest BCUT2D eigenvalue weighted by Crippen LogP contribution is -2.37. The first kappa shape index (κ1) is 55.1. The maximum absolute atomic E-state index is 12.7. The van der Waals surface area contributed by atoms with Crippen LogP contribution in [0.25, 0.3) is 0 Å². The number of phosphoric acid groups is 1. The molecule has 344 valence electrons. The number of aliphatic hydroxyl groups is 3. The molecular weight excluding hydrogens is 789 g/mol. The third-order valence-electron chi connectivity index (χ3n) is 9.90. The first-order valence-corrected chi connectivity index (χ1v) is 23.5. The maximum Gasteiger partial charge on any atom is 0.472 e. The molecule has 4 N–H and O–H groups in total. The van der Waals surface area contributed by atoms with Gasteiger partial charge in [0.15, 0.2) is 6.10 Å². The second kappa shape index (κ2) is 31.9. The van der Waals surface area contributed by atoms with Crippen molar-refractivity contribution in [2.45, 2.75) is 161 Å². The number of likely N-dealkylation sites (N-methyl/N-ethyl adjacent to an activating group) is 1. The summed E-state index contributed by atoms with van der Waals surface area (Å²) in [6.45, 7) is 8.02. The molecule has 0 saturated carbocycles. The molecule has 0 bridgehead atoms. The number of furan rings is 1. The molecule has 5 atom stereocenters. The normalized spacial score (nSPS) is 15.6. The number of hydrogen-bond acceptors (Lipinski definition) is 11. The van der Waals surface area contributed by atoms with Crippen molar-refractivity contribution in [3.63, 3.8) is 0 Å². The molecule has 0 aliphatic heterocycles. The van der Waals surface area contributed by atoms with Crippen LogP contribution in [0.4, 0.5) is 0 Å². The van der Waals surface area contributed by atoms with Crippen LogP contribution in [0.5, 0.6) is 0 Å². The van der Waals surface area contributed by atoms with E-state index in [1.807, 2.05) is 21.1 Å². The number of hydrogen-bond donors (Lipinski definition) is 4. The van der Waals surface area contributed by atoms with Gasteiger partial charge in [-0.1, -0.05) is 107 Å². The van der Waals surface area contributed by atoms with Crippen LogP contribution < -0.4 is 0 Å². The van der Waals surface area contributed by atoms with E-state index < -0.39 is 50.8 Å². The molecule has 0 aromatic carbocycles. The highest BCUT2D eigenvalue weighted by atomic mass is 31.2. The molecule has 0 radical (unpaired) electrons. The van der Waals surface area contributed by atoms with Gasteiger partial charge in [-0.3, -0.25) is 18.6 Å². The quantitative estimate of drug-likeness (QED) is 0.0168. The van der Waals surface area contributed by atoms with Crippen LogP contribution in [0.2, 0.25) is 0 Å². The predicted octanol–water partition coefficient (Wildman–Crippen LogP) is 8.48. The Morgan fingerprint density at radius 2 is 1.30 bits per heavy atom. The van der Waals surface area contributed by atoms with Crippen molar-refractivity contribution in [3.05, 3.63) is 71.3 Å². The standard InChI is InChI=1S/C46H78NO12P/c1-8-10-19-26-39(48)27-20-15-11-12-16-21-28-41(49)42(50)29-24-32-46(52)58-40(36-57-60(53,54)56-34-33-47(5,6)7)35-55-45(51)31-23-18-14-13-17-22-30-44-38(4)37(3)43(59-44)25-9-2/h11-12,15-16,20-21,27-28,39-42,48-50H,8-10,13-14,17-19,22-26,29-36H2,1-7H3/p+1/b15-11-,16-12+,27-20+,28-21+/t39-,40+,41-,42-/m0/s1. The number of rotatable bonds is 35. The van der Waals surface area contributed by atoms with Crippen molar-refractivity contribution < 1.29 is 61.8 Å². The minimum atomic E-state index is -4.49. The van der Waals surface area contributed by atoms with Crippen molar-refractivity contribution in [2.24, 2.45) is 0 Å². The number of unbranched alkanes of at least 4 members (excludes halogenated alkanes) is 7. The van der Waals surface area contributed by atoms with E-state index in [9.17, 15) is 34.4 Å². The summed E-state index contributed by atoms with van der Waals surface area (Å²) in [5.74, 6) is 1.03. The smallest absolute Gasteiger partial charge is 0.466 e. The summed E-state index contributed by atoms with van der Waals surface area (Å²) in [5, 5.41) is 30.6. The average molecular weight is 869 g/mol. The molecule has 14 heteroatoms. The topological polar surface area (TPSA) is 182 Å². The number of ether oxygens (including phenoxy) is 2. The predicted molar refractivity (Wildman–Crippen MR) is 236 cm³/mol. The van der Waals surface area contributed by atoms with Gasteiger partial charge in [-0.15, -0.1) is 0 Å². The third-order valence-corrected chi connectivity index (χ3v) is 10.9. The lowest BCUT2D eigenvalue weighted by molar-refractivity contribution is -0.870. The van der Waals surface area contributed by atoms with Crippen molar-refractivity contribution in [3.8, 4) is 0 Å². The largest absolute Gasteiger partial charge is 0.472 e. The van der Waals surface area contributed by atoms with Gasteiger partial charge < -0.3 is 38.6 Å². The minimum Gasteiger partial charge on any atom is -0.466 e. The number of quaternary nitrogens is 1. The Hall–Kier alpha value is -2.87. The van der Waals surface area contributed by atoms with Gasteiger partial charge in [-0.05, 0) is 63.5 Å². The fourth-order valence-electron chi connectivity index (χ4n) is 6.03. The zero-order chi connectivity index (χ0) is 44.8. The molecule has 0 amide bonds. The number of carbonyl (C=O) groups is 2.